The van der Waals surface area contributed by atoms with Gasteiger partial charge in [0.05, 0.1) is 18.5 Å². The minimum atomic E-state index is -0.160. The number of imidazole rings is 1. The molecule has 3 aromatic heterocycles. The Morgan fingerprint density at radius 1 is 1.28 bits per heavy atom. The second kappa shape index (κ2) is 6.70. The Kier molecular flexibility index (Phi) is 4.25. The molecule has 0 radical (unpaired) electrons. The first kappa shape index (κ1) is 15.9. The molecule has 0 aliphatic heterocycles. The first-order valence-corrected chi connectivity index (χ1v) is 9.36. The molecule has 0 aliphatic carbocycles. The fourth-order valence-corrected chi connectivity index (χ4v) is 4.09. The lowest BCUT2D eigenvalue weighted by Gasteiger charge is -2.01. The molecule has 3 heterocycles. The zero-order valence-corrected chi connectivity index (χ0v) is 15.1. The fraction of sp³-hybridized carbons (Fsp3) is 0.111. The molecular weight excluding hydrogens is 354 g/mol. The van der Waals surface area contributed by atoms with E-state index < -0.39 is 0 Å². The molecule has 0 fully saturated rings. The van der Waals surface area contributed by atoms with Crippen LogP contribution in [0.4, 0.5) is 0 Å². The van der Waals surface area contributed by atoms with Crippen LogP contribution in [0.25, 0.3) is 15.4 Å². The van der Waals surface area contributed by atoms with Gasteiger partial charge in [-0.3, -0.25) is 9.20 Å². The molecule has 0 spiro atoms. The first-order valence-electron chi connectivity index (χ1n) is 7.66. The van der Waals surface area contributed by atoms with Crippen molar-refractivity contribution in [3.63, 3.8) is 0 Å². The standard InChI is InChI=1S/C18H15N3O2S2/c1-23-13-5-2-4-12(8-13)16-11-21-10-15(20-18(21)25-16)17(22)19-9-14-6-3-7-24-14/h2-8,10-11H,9H2,1H3,(H,19,22). The summed E-state index contributed by atoms with van der Waals surface area (Å²) in [4.78, 5) is 19.7. The maximum Gasteiger partial charge on any atom is 0.271 e. The number of hydrogen-bond donors (Lipinski definition) is 1. The minimum absolute atomic E-state index is 0.160. The quantitative estimate of drug-likeness (QED) is 0.577. The average molecular weight is 369 g/mol. The van der Waals surface area contributed by atoms with E-state index in [0.717, 1.165) is 26.0 Å². The number of thiazole rings is 1. The van der Waals surface area contributed by atoms with Crippen molar-refractivity contribution in [1.82, 2.24) is 14.7 Å². The van der Waals surface area contributed by atoms with E-state index in [4.69, 9.17) is 4.74 Å². The van der Waals surface area contributed by atoms with Crippen LogP contribution in [0.1, 0.15) is 15.4 Å². The van der Waals surface area contributed by atoms with Crippen LogP contribution >= 0.6 is 22.7 Å². The van der Waals surface area contributed by atoms with Gasteiger partial charge in [0.1, 0.15) is 11.4 Å². The third-order valence-electron chi connectivity index (χ3n) is 3.75. The number of carbonyl (C=O) groups excluding carboxylic acids is 1. The van der Waals surface area contributed by atoms with Gasteiger partial charge in [-0.25, -0.2) is 4.98 Å². The second-order valence-electron chi connectivity index (χ2n) is 5.41. The molecule has 0 aliphatic rings. The summed E-state index contributed by atoms with van der Waals surface area (Å²) in [5.41, 5.74) is 1.50. The van der Waals surface area contributed by atoms with E-state index in [-0.39, 0.29) is 5.91 Å². The van der Waals surface area contributed by atoms with Crippen LogP contribution in [-0.2, 0) is 6.54 Å². The Hall–Kier alpha value is -2.64. The maximum absolute atomic E-state index is 12.3. The molecule has 1 N–H and O–H groups in total. The summed E-state index contributed by atoms with van der Waals surface area (Å²) < 4.78 is 7.16. The van der Waals surface area contributed by atoms with Gasteiger partial charge in [-0.15, -0.1) is 11.3 Å². The van der Waals surface area contributed by atoms with E-state index in [1.54, 1.807) is 36.0 Å². The zero-order valence-electron chi connectivity index (χ0n) is 13.4. The van der Waals surface area contributed by atoms with Crippen molar-refractivity contribution in [2.45, 2.75) is 6.54 Å². The highest BCUT2D eigenvalue weighted by atomic mass is 32.1. The molecule has 0 unspecified atom stereocenters. The molecule has 0 atom stereocenters. The Balaban J connectivity index is 1.53. The van der Waals surface area contributed by atoms with Crippen LogP contribution in [0.5, 0.6) is 5.75 Å². The third-order valence-corrected chi connectivity index (χ3v) is 5.67. The highest BCUT2D eigenvalue weighted by molar-refractivity contribution is 7.20. The largest absolute Gasteiger partial charge is 0.497 e. The molecule has 0 saturated heterocycles. The molecule has 4 aromatic rings. The van der Waals surface area contributed by atoms with Crippen LogP contribution in [0.15, 0.2) is 54.2 Å². The number of methoxy groups -OCH3 is 1. The van der Waals surface area contributed by atoms with Crippen molar-refractivity contribution in [3.05, 3.63) is 64.7 Å². The van der Waals surface area contributed by atoms with Crippen LogP contribution in [-0.4, -0.2) is 22.4 Å². The van der Waals surface area contributed by atoms with Crippen molar-refractivity contribution >= 4 is 33.5 Å². The topological polar surface area (TPSA) is 55.6 Å². The summed E-state index contributed by atoms with van der Waals surface area (Å²) in [6.07, 6.45) is 3.75. The number of thiophene rings is 1. The van der Waals surface area contributed by atoms with Crippen LogP contribution in [0.3, 0.4) is 0 Å². The Morgan fingerprint density at radius 2 is 2.20 bits per heavy atom. The number of nitrogens with zero attached hydrogens (tertiary/aromatic N) is 2. The summed E-state index contributed by atoms with van der Waals surface area (Å²) in [5, 5.41) is 4.89. The zero-order chi connectivity index (χ0) is 17.2. The molecule has 4 rings (SSSR count). The van der Waals surface area contributed by atoms with Gasteiger partial charge in [-0.05, 0) is 29.1 Å². The summed E-state index contributed by atoms with van der Waals surface area (Å²) in [5.74, 6) is 0.657. The van der Waals surface area contributed by atoms with Crippen molar-refractivity contribution in [2.24, 2.45) is 0 Å². The van der Waals surface area contributed by atoms with E-state index in [2.05, 4.69) is 10.3 Å². The number of aromatic nitrogens is 2. The highest BCUT2D eigenvalue weighted by Crippen LogP contribution is 2.30. The summed E-state index contributed by atoms with van der Waals surface area (Å²) in [7, 11) is 1.65. The van der Waals surface area contributed by atoms with Gasteiger partial charge in [-0.1, -0.05) is 29.5 Å². The molecule has 1 aromatic carbocycles. The number of rotatable bonds is 5. The van der Waals surface area contributed by atoms with E-state index >= 15 is 0 Å². The molecule has 0 saturated carbocycles. The molecule has 7 heteroatoms. The number of benzene rings is 1. The number of ether oxygens (including phenoxy) is 1. The smallest absolute Gasteiger partial charge is 0.271 e. The van der Waals surface area contributed by atoms with Gasteiger partial charge >= 0.3 is 0 Å². The number of amides is 1. The lowest BCUT2D eigenvalue weighted by molar-refractivity contribution is 0.0947. The Bertz CT molecular complexity index is 987. The summed E-state index contributed by atoms with van der Waals surface area (Å²) in [6.45, 7) is 0.525. The molecule has 25 heavy (non-hydrogen) atoms. The van der Waals surface area contributed by atoms with Crippen LogP contribution in [0, 0.1) is 0 Å². The third kappa shape index (κ3) is 3.29. The number of hydrogen-bond acceptors (Lipinski definition) is 5. The maximum atomic E-state index is 12.3. The van der Waals surface area contributed by atoms with E-state index in [9.17, 15) is 4.79 Å². The first-order chi connectivity index (χ1) is 12.2. The van der Waals surface area contributed by atoms with E-state index in [1.165, 1.54) is 0 Å². The average Bonchev–Trinajstić information content (AvgIpc) is 3.35. The van der Waals surface area contributed by atoms with E-state index in [0.29, 0.717) is 12.2 Å². The van der Waals surface area contributed by atoms with Crippen molar-refractivity contribution < 1.29 is 9.53 Å². The molecule has 0 bridgehead atoms. The van der Waals surface area contributed by atoms with Gasteiger partial charge in [0.15, 0.2) is 4.96 Å². The number of carbonyl (C=O) groups is 1. The highest BCUT2D eigenvalue weighted by Gasteiger charge is 2.14. The molecule has 126 valence electrons. The Morgan fingerprint density at radius 3 is 2.96 bits per heavy atom. The van der Waals surface area contributed by atoms with Gasteiger partial charge < -0.3 is 10.1 Å². The Labute approximate surface area is 152 Å². The monoisotopic (exact) mass is 369 g/mol. The lowest BCUT2D eigenvalue weighted by Crippen LogP contribution is -2.22. The van der Waals surface area contributed by atoms with Gasteiger partial charge in [0.25, 0.3) is 5.91 Å². The normalized spacial score (nSPS) is 10.9. The van der Waals surface area contributed by atoms with Gasteiger partial charge in [-0.2, -0.15) is 0 Å². The SMILES string of the molecule is COc1cccc(-c2cn3cc(C(=O)NCc4cccs4)nc3s2)c1. The summed E-state index contributed by atoms with van der Waals surface area (Å²) in [6, 6.07) is 11.9. The fourth-order valence-electron chi connectivity index (χ4n) is 2.49. The molecule has 5 nitrogen and oxygen atoms in total. The lowest BCUT2D eigenvalue weighted by atomic mass is 10.2. The molecule has 1 amide bonds. The summed E-state index contributed by atoms with van der Waals surface area (Å²) >= 11 is 3.16. The van der Waals surface area contributed by atoms with Gasteiger partial charge in [0, 0.05) is 17.3 Å². The molecular formula is C18H15N3O2S2. The predicted octanol–water partition coefficient (Wildman–Crippen LogP) is 4.06. The predicted molar refractivity (Wildman–Crippen MR) is 101 cm³/mol. The van der Waals surface area contributed by atoms with Crippen molar-refractivity contribution in [2.75, 3.05) is 7.11 Å². The van der Waals surface area contributed by atoms with E-state index in [1.807, 2.05) is 52.4 Å². The minimum Gasteiger partial charge on any atom is -0.497 e. The van der Waals surface area contributed by atoms with Gasteiger partial charge in [0.2, 0.25) is 0 Å². The number of nitrogens with one attached hydrogen (secondary N) is 1. The number of fused-ring (bicyclic) bond motifs is 1. The van der Waals surface area contributed by atoms with Crippen molar-refractivity contribution in [1.29, 1.82) is 0 Å². The van der Waals surface area contributed by atoms with Crippen LogP contribution < -0.4 is 10.1 Å². The van der Waals surface area contributed by atoms with Crippen molar-refractivity contribution in [3.8, 4) is 16.2 Å². The second-order valence-corrected chi connectivity index (χ2v) is 7.45. The van der Waals surface area contributed by atoms with Crippen LogP contribution in [0.2, 0.25) is 0 Å².